The highest BCUT2D eigenvalue weighted by molar-refractivity contribution is 5.81. The second kappa shape index (κ2) is 8.60. The quantitative estimate of drug-likeness (QED) is 0.756. The first-order valence-corrected chi connectivity index (χ1v) is 7.69. The van der Waals surface area contributed by atoms with Crippen molar-refractivity contribution in [3.05, 3.63) is 0 Å². The molecule has 0 aromatic rings. The van der Waals surface area contributed by atoms with Crippen LogP contribution in [0.3, 0.4) is 0 Å². The van der Waals surface area contributed by atoms with Crippen LogP contribution in [-0.2, 0) is 9.53 Å². The van der Waals surface area contributed by atoms with Crippen LogP contribution in [0, 0.1) is 5.92 Å². The number of nitrogens with two attached hydrogens (primary N) is 1. The minimum atomic E-state index is -0.412. The van der Waals surface area contributed by atoms with Crippen molar-refractivity contribution in [2.45, 2.75) is 45.2 Å². The number of likely N-dealkylation sites (tertiary alicyclic amines) is 1. The Kier molecular flexibility index (Phi) is 7.48. The highest BCUT2D eigenvalue weighted by atomic mass is 16.5. The summed E-state index contributed by atoms with van der Waals surface area (Å²) in [6, 6.07) is 0.168. The molecule has 1 amide bonds. The van der Waals surface area contributed by atoms with E-state index in [-0.39, 0.29) is 5.91 Å². The number of hydrogen-bond acceptors (Lipinski definition) is 4. The van der Waals surface area contributed by atoms with E-state index in [4.69, 9.17) is 10.5 Å². The van der Waals surface area contributed by atoms with Gasteiger partial charge in [-0.25, -0.2) is 0 Å². The molecular weight excluding hydrogens is 254 g/mol. The van der Waals surface area contributed by atoms with E-state index in [1.165, 1.54) is 0 Å². The normalized spacial score (nSPS) is 18.9. The molecule has 2 N–H and O–H groups in total. The highest BCUT2D eigenvalue weighted by Gasteiger charge is 2.26. The van der Waals surface area contributed by atoms with Gasteiger partial charge in [-0.1, -0.05) is 0 Å². The molecule has 0 aromatic carbocycles. The summed E-state index contributed by atoms with van der Waals surface area (Å²) in [5.41, 5.74) is 5.91. The van der Waals surface area contributed by atoms with Gasteiger partial charge in [-0.15, -0.1) is 0 Å². The molecule has 0 saturated carbocycles. The molecular formula is C15H31N3O2. The molecule has 5 heteroatoms. The van der Waals surface area contributed by atoms with Crippen molar-refractivity contribution >= 4 is 5.91 Å². The first-order chi connectivity index (χ1) is 9.45. The second-order valence-electron chi connectivity index (χ2n) is 6.19. The van der Waals surface area contributed by atoms with Crippen molar-refractivity contribution < 1.29 is 9.53 Å². The number of carbonyl (C=O) groups excluding carboxylic acids is 1. The molecule has 1 unspecified atom stereocenters. The van der Waals surface area contributed by atoms with E-state index in [1.54, 1.807) is 7.11 Å². The van der Waals surface area contributed by atoms with Crippen molar-refractivity contribution in [1.82, 2.24) is 9.80 Å². The fourth-order valence-electron chi connectivity index (χ4n) is 2.56. The Labute approximate surface area is 123 Å². The Bertz CT molecular complexity index is 289. The molecule has 1 aliphatic rings. The summed E-state index contributed by atoms with van der Waals surface area (Å²) >= 11 is 0. The van der Waals surface area contributed by atoms with E-state index in [0.717, 1.165) is 32.5 Å². The van der Waals surface area contributed by atoms with E-state index in [1.807, 2.05) is 4.90 Å². The van der Waals surface area contributed by atoms with Gasteiger partial charge in [0, 0.05) is 39.4 Å². The van der Waals surface area contributed by atoms with Gasteiger partial charge in [0.1, 0.15) is 0 Å². The Morgan fingerprint density at radius 3 is 2.50 bits per heavy atom. The molecule has 1 fully saturated rings. The van der Waals surface area contributed by atoms with Crippen molar-refractivity contribution in [2.75, 3.05) is 40.4 Å². The first kappa shape index (κ1) is 17.4. The lowest BCUT2D eigenvalue weighted by molar-refractivity contribution is -0.134. The van der Waals surface area contributed by atoms with Gasteiger partial charge >= 0.3 is 0 Å². The maximum Gasteiger partial charge on any atom is 0.239 e. The summed E-state index contributed by atoms with van der Waals surface area (Å²) in [4.78, 5) is 16.5. The predicted molar refractivity (Wildman–Crippen MR) is 81.5 cm³/mol. The molecule has 0 radical (unpaired) electrons. The number of nitrogens with zero attached hydrogens (tertiary/aromatic N) is 2. The standard InChI is InChI=1S/C15H31N3O2/c1-12(2)17(3)11-13-5-8-18(9-6-13)15(19)14(16)7-10-20-4/h12-14H,5-11,16H2,1-4H3. The van der Waals surface area contributed by atoms with Crippen LogP contribution < -0.4 is 5.73 Å². The van der Waals surface area contributed by atoms with Crippen LogP contribution in [0.5, 0.6) is 0 Å². The highest BCUT2D eigenvalue weighted by Crippen LogP contribution is 2.19. The van der Waals surface area contributed by atoms with Crippen molar-refractivity contribution in [3.8, 4) is 0 Å². The molecule has 1 aliphatic heterocycles. The Morgan fingerprint density at radius 2 is 2.00 bits per heavy atom. The number of rotatable bonds is 7. The molecule has 1 heterocycles. The van der Waals surface area contributed by atoms with E-state index in [0.29, 0.717) is 25.0 Å². The summed E-state index contributed by atoms with van der Waals surface area (Å²) in [5.74, 6) is 0.777. The van der Waals surface area contributed by atoms with Crippen molar-refractivity contribution in [2.24, 2.45) is 11.7 Å². The number of piperidine rings is 1. The monoisotopic (exact) mass is 285 g/mol. The third-order valence-corrected chi connectivity index (χ3v) is 4.30. The lowest BCUT2D eigenvalue weighted by Gasteiger charge is -2.36. The SMILES string of the molecule is COCCC(N)C(=O)N1CCC(CN(C)C(C)C)CC1. The Hall–Kier alpha value is -0.650. The molecule has 0 spiro atoms. The van der Waals surface area contributed by atoms with Gasteiger partial charge in [-0.3, -0.25) is 4.79 Å². The number of ether oxygens (including phenoxy) is 1. The minimum Gasteiger partial charge on any atom is -0.385 e. The number of amides is 1. The van der Waals surface area contributed by atoms with Crippen LogP contribution in [-0.4, -0.2) is 68.2 Å². The third kappa shape index (κ3) is 5.38. The van der Waals surface area contributed by atoms with Gasteiger partial charge in [-0.05, 0) is 46.1 Å². The maximum atomic E-state index is 12.2. The Balaban J connectivity index is 2.32. The van der Waals surface area contributed by atoms with E-state index < -0.39 is 6.04 Å². The average Bonchev–Trinajstić information content (AvgIpc) is 2.44. The fourth-order valence-corrected chi connectivity index (χ4v) is 2.56. The molecule has 0 bridgehead atoms. The average molecular weight is 285 g/mol. The molecule has 118 valence electrons. The van der Waals surface area contributed by atoms with E-state index in [9.17, 15) is 4.79 Å². The van der Waals surface area contributed by atoms with Gasteiger partial charge in [0.2, 0.25) is 5.91 Å². The molecule has 1 rings (SSSR count). The third-order valence-electron chi connectivity index (χ3n) is 4.30. The summed E-state index contributed by atoms with van der Waals surface area (Å²) in [6.45, 7) is 7.78. The molecule has 0 aliphatic carbocycles. The van der Waals surface area contributed by atoms with Gasteiger partial charge in [-0.2, -0.15) is 0 Å². The van der Waals surface area contributed by atoms with Crippen molar-refractivity contribution in [3.63, 3.8) is 0 Å². The van der Waals surface area contributed by atoms with Crippen LogP contribution >= 0.6 is 0 Å². The van der Waals surface area contributed by atoms with Crippen LogP contribution in [0.1, 0.15) is 33.1 Å². The van der Waals surface area contributed by atoms with Crippen LogP contribution in [0.25, 0.3) is 0 Å². The van der Waals surface area contributed by atoms with E-state index >= 15 is 0 Å². The summed E-state index contributed by atoms with van der Waals surface area (Å²) in [7, 11) is 3.80. The minimum absolute atomic E-state index is 0.0812. The van der Waals surface area contributed by atoms with Gasteiger partial charge in [0.15, 0.2) is 0 Å². The van der Waals surface area contributed by atoms with Gasteiger partial charge in [0.25, 0.3) is 0 Å². The summed E-state index contributed by atoms with van der Waals surface area (Å²) in [5, 5.41) is 0. The number of carbonyl (C=O) groups is 1. The number of hydrogen-bond donors (Lipinski definition) is 1. The molecule has 5 nitrogen and oxygen atoms in total. The predicted octanol–water partition coefficient (Wildman–Crippen LogP) is 0.929. The lowest BCUT2D eigenvalue weighted by Crippen LogP contribution is -2.48. The maximum absolute atomic E-state index is 12.2. The first-order valence-electron chi connectivity index (χ1n) is 7.69. The van der Waals surface area contributed by atoms with Crippen LogP contribution in [0.15, 0.2) is 0 Å². The van der Waals surface area contributed by atoms with E-state index in [2.05, 4.69) is 25.8 Å². The van der Waals surface area contributed by atoms with Crippen LogP contribution in [0.4, 0.5) is 0 Å². The Morgan fingerprint density at radius 1 is 1.40 bits per heavy atom. The number of methoxy groups -OCH3 is 1. The zero-order valence-electron chi connectivity index (χ0n) is 13.5. The lowest BCUT2D eigenvalue weighted by atomic mass is 9.95. The second-order valence-corrected chi connectivity index (χ2v) is 6.19. The zero-order valence-corrected chi connectivity index (χ0v) is 13.5. The smallest absolute Gasteiger partial charge is 0.239 e. The molecule has 20 heavy (non-hydrogen) atoms. The molecule has 0 aromatic heterocycles. The van der Waals surface area contributed by atoms with Crippen LogP contribution in [0.2, 0.25) is 0 Å². The van der Waals surface area contributed by atoms with Gasteiger partial charge in [0.05, 0.1) is 6.04 Å². The largest absolute Gasteiger partial charge is 0.385 e. The fraction of sp³-hybridized carbons (Fsp3) is 0.933. The molecule has 1 saturated heterocycles. The van der Waals surface area contributed by atoms with Crippen molar-refractivity contribution in [1.29, 1.82) is 0 Å². The molecule has 1 atom stereocenters. The summed E-state index contributed by atoms with van der Waals surface area (Å²) < 4.78 is 4.98. The topological polar surface area (TPSA) is 58.8 Å². The van der Waals surface area contributed by atoms with Gasteiger partial charge < -0.3 is 20.3 Å². The summed E-state index contributed by atoms with van der Waals surface area (Å²) in [6.07, 6.45) is 2.77. The zero-order chi connectivity index (χ0) is 15.1.